The summed E-state index contributed by atoms with van der Waals surface area (Å²) in [7, 11) is -3.53. The molecule has 2 aromatic carbocycles. The van der Waals surface area contributed by atoms with Crippen molar-refractivity contribution in [3.63, 3.8) is 0 Å². The standard InChI is InChI=1S/C21H22FN3O3S2/c1-30(27,28)25-13-6-5-11-17(25)20(26)24(14-15-8-3-2-4-9-15)21-23-19-16(22)10-7-12-18(19)29-21/h2-4,7-10,12,17H,5-6,11,13-14H2,1H3/t17-/m1/s1. The zero-order chi connectivity index (χ0) is 21.3. The summed E-state index contributed by atoms with van der Waals surface area (Å²) in [4.78, 5) is 19.5. The van der Waals surface area contributed by atoms with Crippen LogP contribution in [0.1, 0.15) is 24.8 Å². The Morgan fingerprint density at radius 2 is 1.97 bits per heavy atom. The maximum absolute atomic E-state index is 14.2. The first-order valence-electron chi connectivity index (χ1n) is 9.72. The SMILES string of the molecule is CS(=O)(=O)N1CCCC[C@@H]1C(=O)N(Cc1ccccc1)c1nc2c(F)cccc2s1. The average molecular weight is 448 g/mol. The van der Waals surface area contributed by atoms with Crippen molar-refractivity contribution in [2.75, 3.05) is 17.7 Å². The average Bonchev–Trinajstić information content (AvgIpc) is 3.17. The van der Waals surface area contributed by atoms with Gasteiger partial charge in [-0.25, -0.2) is 17.8 Å². The summed E-state index contributed by atoms with van der Waals surface area (Å²) in [5, 5.41) is 0.364. The van der Waals surface area contributed by atoms with Gasteiger partial charge in [0.05, 0.1) is 17.5 Å². The predicted molar refractivity (Wildman–Crippen MR) is 116 cm³/mol. The van der Waals surface area contributed by atoms with Gasteiger partial charge in [-0.1, -0.05) is 54.2 Å². The van der Waals surface area contributed by atoms with E-state index in [4.69, 9.17) is 0 Å². The van der Waals surface area contributed by atoms with E-state index < -0.39 is 21.9 Å². The van der Waals surface area contributed by atoms with E-state index in [1.54, 1.807) is 12.1 Å². The lowest BCUT2D eigenvalue weighted by molar-refractivity contribution is -0.123. The molecule has 0 radical (unpaired) electrons. The maximum Gasteiger partial charge on any atom is 0.247 e. The summed E-state index contributed by atoms with van der Waals surface area (Å²) in [6.07, 6.45) is 3.08. The topological polar surface area (TPSA) is 70.6 Å². The molecule has 1 aliphatic rings. The van der Waals surface area contributed by atoms with Crippen LogP contribution in [0.3, 0.4) is 0 Å². The van der Waals surface area contributed by atoms with Gasteiger partial charge in [0.1, 0.15) is 17.4 Å². The molecule has 1 atom stereocenters. The molecule has 0 spiro atoms. The fourth-order valence-corrected chi connectivity index (χ4v) is 5.86. The number of nitrogens with zero attached hydrogens (tertiary/aromatic N) is 3. The van der Waals surface area contributed by atoms with Crippen molar-refractivity contribution in [3.8, 4) is 0 Å². The van der Waals surface area contributed by atoms with Crippen molar-refractivity contribution in [2.45, 2.75) is 31.8 Å². The highest BCUT2D eigenvalue weighted by atomic mass is 32.2. The first-order chi connectivity index (χ1) is 14.3. The fraction of sp³-hybridized carbons (Fsp3) is 0.333. The maximum atomic E-state index is 14.2. The van der Waals surface area contributed by atoms with E-state index in [2.05, 4.69) is 4.98 Å². The Morgan fingerprint density at radius 1 is 1.20 bits per heavy atom. The summed E-state index contributed by atoms with van der Waals surface area (Å²) in [5.74, 6) is -0.777. The van der Waals surface area contributed by atoms with E-state index in [1.807, 2.05) is 30.3 Å². The van der Waals surface area contributed by atoms with Crippen LogP contribution in [0.2, 0.25) is 0 Å². The Labute approximate surface area is 179 Å². The smallest absolute Gasteiger partial charge is 0.247 e. The summed E-state index contributed by atoms with van der Waals surface area (Å²) in [6, 6.07) is 13.3. The fourth-order valence-electron chi connectivity index (χ4n) is 3.75. The molecule has 0 aliphatic carbocycles. The number of fused-ring (bicyclic) bond motifs is 1. The van der Waals surface area contributed by atoms with E-state index in [9.17, 15) is 17.6 Å². The zero-order valence-corrected chi connectivity index (χ0v) is 18.1. The van der Waals surface area contributed by atoms with Gasteiger partial charge in [0.25, 0.3) is 0 Å². The van der Waals surface area contributed by atoms with Crippen molar-refractivity contribution in [3.05, 3.63) is 59.9 Å². The van der Waals surface area contributed by atoms with Crippen LogP contribution in [-0.4, -0.2) is 42.5 Å². The summed E-state index contributed by atoms with van der Waals surface area (Å²) < 4.78 is 40.7. The normalized spacial score (nSPS) is 17.9. The van der Waals surface area contributed by atoms with Gasteiger partial charge < -0.3 is 0 Å². The summed E-state index contributed by atoms with van der Waals surface area (Å²) in [5.41, 5.74) is 1.10. The molecule has 1 fully saturated rings. The minimum absolute atomic E-state index is 0.215. The number of carbonyl (C=O) groups excluding carboxylic acids is 1. The van der Waals surface area contributed by atoms with Crippen molar-refractivity contribution in [1.29, 1.82) is 0 Å². The molecule has 9 heteroatoms. The second-order valence-electron chi connectivity index (χ2n) is 7.38. The molecule has 1 amide bonds. The molecular formula is C21H22FN3O3S2. The summed E-state index contributed by atoms with van der Waals surface area (Å²) in [6.45, 7) is 0.554. The number of piperidine rings is 1. The number of aromatic nitrogens is 1. The third-order valence-corrected chi connectivity index (χ3v) is 7.54. The van der Waals surface area contributed by atoms with E-state index in [0.717, 1.165) is 24.7 Å². The third kappa shape index (κ3) is 4.23. The minimum Gasteiger partial charge on any atom is -0.282 e. The van der Waals surface area contributed by atoms with Crippen molar-refractivity contribution < 1.29 is 17.6 Å². The molecular weight excluding hydrogens is 425 g/mol. The number of amides is 1. The highest BCUT2D eigenvalue weighted by Gasteiger charge is 2.38. The Kier molecular flexibility index (Phi) is 5.86. The quantitative estimate of drug-likeness (QED) is 0.597. The number of benzene rings is 2. The number of sulfonamides is 1. The number of hydrogen-bond acceptors (Lipinski definition) is 5. The molecule has 0 saturated carbocycles. The van der Waals surface area contributed by atoms with Crippen LogP contribution in [0.25, 0.3) is 10.2 Å². The zero-order valence-electron chi connectivity index (χ0n) is 16.5. The van der Waals surface area contributed by atoms with Crippen LogP contribution in [0, 0.1) is 5.82 Å². The van der Waals surface area contributed by atoms with E-state index >= 15 is 0 Å². The van der Waals surface area contributed by atoms with Crippen molar-refractivity contribution >= 4 is 42.6 Å². The molecule has 30 heavy (non-hydrogen) atoms. The van der Waals surface area contributed by atoms with Gasteiger partial charge in [0.15, 0.2) is 5.13 Å². The molecule has 0 unspecified atom stereocenters. The number of rotatable bonds is 5. The predicted octanol–water partition coefficient (Wildman–Crippen LogP) is 3.78. The van der Waals surface area contributed by atoms with Gasteiger partial charge in [-0.05, 0) is 30.5 Å². The molecule has 0 bridgehead atoms. The largest absolute Gasteiger partial charge is 0.282 e. The molecule has 2 heterocycles. The highest BCUT2D eigenvalue weighted by molar-refractivity contribution is 7.88. The summed E-state index contributed by atoms with van der Waals surface area (Å²) >= 11 is 1.23. The monoisotopic (exact) mass is 447 g/mol. The van der Waals surface area contributed by atoms with Gasteiger partial charge in [-0.15, -0.1) is 0 Å². The van der Waals surface area contributed by atoms with E-state index in [1.165, 1.54) is 26.6 Å². The van der Waals surface area contributed by atoms with Crippen LogP contribution in [0.15, 0.2) is 48.5 Å². The number of hydrogen-bond donors (Lipinski definition) is 0. The van der Waals surface area contributed by atoms with Gasteiger partial charge in [0.2, 0.25) is 15.9 Å². The van der Waals surface area contributed by atoms with Crippen molar-refractivity contribution in [2.24, 2.45) is 0 Å². The number of thiazole rings is 1. The molecule has 4 rings (SSSR count). The molecule has 1 aliphatic heterocycles. The second kappa shape index (κ2) is 8.41. The van der Waals surface area contributed by atoms with Crippen LogP contribution >= 0.6 is 11.3 Å². The van der Waals surface area contributed by atoms with Crippen molar-refractivity contribution in [1.82, 2.24) is 9.29 Å². The molecule has 1 aromatic heterocycles. The lowest BCUT2D eigenvalue weighted by Gasteiger charge is -2.35. The molecule has 1 saturated heterocycles. The highest BCUT2D eigenvalue weighted by Crippen LogP contribution is 2.33. The Balaban J connectivity index is 1.76. The van der Waals surface area contributed by atoms with Crippen LogP contribution < -0.4 is 4.90 Å². The minimum atomic E-state index is -3.53. The Hall–Kier alpha value is -2.36. The van der Waals surface area contributed by atoms with Gasteiger partial charge in [-0.3, -0.25) is 9.69 Å². The first-order valence-corrected chi connectivity index (χ1v) is 12.4. The Bertz CT molecular complexity index is 1160. The van der Waals surface area contributed by atoms with Gasteiger partial charge >= 0.3 is 0 Å². The van der Waals surface area contributed by atoms with Crippen LogP contribution in [0.4, 0.5) is 9.52 Å². The molecule has 6 nitrogen and oxygen atoms in total. The molecule has 158 valence electrons. The Morgan fingerprint density at radius 3 is 2.67 bits per heavy atom. The number of anilines is 1. The lowest BCUT2D eigenvalue weighted by Crippen LogP contribution is -2.52. The second-order valence-corrected chi connectivity index (χ2v) is 10.3. The molecule has 3 aromatic rings. The van der Waals surface area contributed by atoms with E-state index in [0.29, 0.717) is 22.8 Å². The van der Waals surface area contributed by atoms with E-state index in [-0.39, 0.29) is 18.0 Å². The molecule has 0 N–H and O–H groups in total. The first kappa shape index (κ1) is 20.9. The van der Waals surface area contributed by atoms with Crippen LogP contribution in [-0.2, 0) is 21.4 Å². The van der Waals surface area contributed by atoms with Gasteiger partial charge in [-0.2, -0.15) is 4.31 Å². The van der Waals surface area contributed by atoms with Gasteiger partial charge in [0, 0.05) is 6.54 Å². The lowest BCUT2D eigenvalue weighted by atomic mass is 10.0. The number of halogens is 1. The number of carbonyl (C=O) groups is 1. The van der Waals surface area contributed by atoms with Crippen LogP contribution in [0.5, 0.6) is 0 Å². The number of para-hydroxylation sites is 1. The third-order valence-electron chi connectivity index (χ3n) is 5.20.